The Balaban J connectivity index is 2.29. The van der Waals surface area contributed by atoms with Gasteiger partial charge in [0.25, 0.3) is 0 Å². The van der Waals surface area contributed by atoms with Crippen LogP contribution in [-0.2, 0) is 0 Å². The quantitative estimate of drug-likeness (QED) is 0.632. The van der Waals surface area contributed by atoms with Crippen LogP contribution in [0.25, 0.3) is 0 Å². The largest absolute Gasteiger partial charge is 0.390 e. The van der Waals surface area contributed by atoms with Crippen LogP contribution in [0.3, 0.4) is 0 Å². The van der Waals surface area contributed by atoms with Crippen molar-refractivity contribution >= 4 is 0 Å². The van der Waals surface area contributed by atoms with E-state index in [0.29, 0.717) is 17.8 Å². The molecule has 2 rings (SSSR count). The van der Waals surface area contributed by atoms with Gasteiger partial charge in [-0.1, -0.05) is 37.6 Å². The van der Waals surface area contributed by atoms with Crippen molar-refractivity contribution in [3.05, 3.63) is 23.8 Å². The van der Waals surface area contributed by atoms with Crippen LogP contribution in [0.1, 0.15) is 73.1 Å². The van der Waals surface area contributed by atoms with Gasteiger partial charge < -0.3 is 5.11 Å². The predicted octanol–water partition coefficient (Wildman–Crippen LogP) is 5.50. The smallest absolute Gasteiger partial charge is 0.0622 e. The van der Waals surface area contributed by atoms with Crippen LogP contribution >= 0.6 is 0 Å². The Kier molecular flexibility index (Phi) is 5.03. The summed E-state index contributed by atoms with van der Waals surface area (Å²) in [6.07, 6.45) is 14.6. The average Bonchev–Trinajstić information content (AvgIpc) is 2.70. The first kappa shape index (κ1) is 16.8. The van der Waals surface area contributed by atoms with Gasteiger partial charge in [-0.05, 0) is 82.5 Å². The maximum absolute atomic E-state index is 10.6. The molecule has 1 saturated carbocycles. The lowest BCUT2D eigenvalue weighted by Crippen LogP contribution is -2.37. The zero-order chi connectivity index (χ0) is 15.7. The molecule has 0 saturated heterocycles. The van der Waals surface area contributed by atoms with E-state index >= 15 is 0 Å². The number of aliphatic hydroxyl groups is 1. The predicted molar refractivity (Wildman–Crippen MR) is 91.1 cm³/mol. The van der Waals surface area contributed by atoms with Gasteiger partial charge in [-0.3, -0.25) is 0 Å². The second-order valence-corrected chi connectivity index (χ2v) is 8.41. The van der Waals surface area contributed by atoms with Gasteiger partial charge in [0, 0.05) is 0 Å². The highest BCUT2D eigenvalue weighted by molar-refractivity contribution is 5.11. The van der Waals surface area contributed by atoms with E-state index in [1.54, 1.807) is 0 Å². The molecule has 2 aliphatic rings. The van der Waals surface area contributed by atoms with E-state index in [1.165, 1.54) is 37.7 Å². The van der Waals surface area contributed by atoms with Crippen LogP contribution in [0.2, 0.25) is 0 Å². The molecule has 0 unspecified atom stereocenters. The fourth-order valence-electron chi connectivity index (χ4n) is 4.45. The number of fused-ring (bicyclic) bond motifs is 1. The summed E-state index contributed by atoms with van der Waals surface area (Å²) in [6.45, 7) is 11.0. The first-order chi connectivity index (χ1) is 9.72. The Morgan fingerprint density at radius 2 is 1.95 bits per heavy atom. The molecule has 0 amide bonds. The molecule has 4 atom stereocenters. The van der Waals surface area contributed by atoms with Crippen molar-refractivity contribution in [2.24, 2.45) is 23.2 Å². The second kappa shape index (κ2) is 6.28. The fraction of sp³-hybridized carbons (Fsp3) is 0.800. The summed E-state index contributed by atoms with van der Waals surface area (Å²) < 4.78 is 0. The first-order valence-electron chi connectivity index (χ1n) is 8.80. The van der Waals surface area contributed by atoms with Gasteiger partial charge in [-0.25, -0.2) is 0 Å². The van der Waals surface area contributed by atoms with E-state index in [-0.39, 0.29) is 5.41 Å². The van der Waals surface area contributed by atoms with Gasteiger partial charge in [0.2, 0.25) is 0 Å². The zero-order valence-electron chi connectivity index (χ0n) is 14.7. The highest BCUT2D eigenvalue weighted by atomic mass is 16.3. The molecular weight excluding hydrogens is 256 g/mol. The van der Waals surface area contributed by atoms with E-state index in [9.17, 15) is 5.11 Å². The van der Waals surface area contributed by atoms with Crippen LogP contribution < -0.4 is 0 Å². The van der Waals surface area contributed by atoms with E-state index < -0.39 is 5.60 Å². The van der Waals surface area contributed by atoms with Crippen molar-refractivity contribution in [3.8, 4) is 0 Å². The van der Waals surface area contributed by atoms with E-state index in [4.69, 9.17) is 0 Å². The van der Waals surface area contributed by atoms with Crippen molar-refractivity contribution in [3.63, 3.8) is 0 Å². The summed E-state index contributed by atoms with van der Waals surface area (Å²) in [5, 5.41) is 10.6. The van der Waals surface area contributed by atoms with Gasteiger partial charge in [0.15, 0.2) is 0 Å². The fourth-order valence-corrected chi connectivity index (χ4v) is 4.45. The first-order valence-corrected chi connectivity index (χ1v) is 8.80. The molecule has 1 heteroatoms. The Morgan fingerprint density at radius 1 is 1.24 bits per heavy atom. The van der Waals surface area contributed by atoms with E-state index in [2.05, 4.69) is 39.0 Å². The third-order valence-corrected chi connectivity index (χ3v) is 6.00. The topological polar surface area (TPSA) is 20.2 Å². The molecule has 120 valence electrons. The van der Waals surface area contributed by atoms with Crippen LogP contribution in [0.5, 0.6) is 0 Å². The third kappa shape index (κ3) is 4.00. The summed E-state index contributed by atoms with van der Waals surface area (Å²) in [5.74, 6) is 1.68. The van der Waals surface area contributed by atoms with Crippen LogP contribution in [0.4, 0.5) is 0 Å². The van der Waals surface area contributed by atoms with Gasteiger partial charge >= 0.3 is 0 Å². The monoisotopic (exact) mass is 290 g/mol. The molecule has 1 N–H and O–H groups in total. The maximum atomic E-state index is 10.6. The molecule has 0 aromatic rings. The SMILES string of the molecule is C/C1=C\CC[C@H](C)/C=C/[C@@]2(C)CC[C@@H](C(C)(C)O)[C@H]2CC1. The van der Waals surface area contributed by atoms with Crippen LogP contribution in [0, 0.1) is 23.2 Å². The molecule has 2 aliphatic carbocycles. The second-order valence-electron chi connectivity index (χ2n) is 8.41. The number of rotatable bonds is 1. The number of hydrogen-bond acceptors (Lipinski definition) is 1. The Bertz CT molecular complexity index is 412. The molecule has 0 aliphatic heterocycles. The molecule has 0 heterocycles. The molecule has 0 aromatic carbocycles. The molecule has 1 fully saturated rings. The molecule has 0 bridgehead atoms. The van der Waals surface area contributed by atoms with Gasteiger partial charge in [0.05, 0.1) is 5.60 Å². The molecule has 0 radical (unpaired) electrons. The number of allylic oxidation sites excluding steroid dienone is 4. The van der Waals surface area contributed by atoms with Crippen LogP contribution in [0.15, 0.2) is 23.8 Å². The third-order valence-electron chi connectivity index (χ3n) is 6.00. The van der Waals surface area contributed by atoms with Gasteiger partial charge in [0.1, 0.15) is 0 Å². The maximum Gasteiger partial charge on any atom is 0.0622 e. The Morgan fingerprint density at radius 3 is 2.62 bits per heavy atom. The van der Waals surface area contributed by atoms with Gasteiger partial charge in [-0.15, -0.1) is 0 Å². The molecule has 21 heavy (non-hydrogen) atoms. The van der Waals surface area contributed by atoms with Gasteiger partial charge in [-0.2, -0.15) is 0 Å². The molecular formula is C20H34O. The zero-order valence-corrected chi connectivity index (χ0v) is 14.7. The summed E-state index contributed by atoms with van der Waals surface area (Å²) >= 11 is 0. The minimum atomic E-state index is -0.556. The summed E-state index contributed by atoms with van der Waals surface area (Å²) in [6, 6.07) is 0. The summed E-state index contributed by atoms with van der Waals surface area (Å²) in [4.78, 5) is 0. The molecule has 0 spiro atoms. The van der Waals surface area contributed by atoms with E-state index in [1.807, 2.05) is 13.8 Å². The number of hydrogen-bond donors (Lipinski definition) is 1. The standard InChI is InChI=1S/C20H34O/c1-15-7-6-8-16(2)11-13-20(5)14-12-17(19(3,4)21)18(20)10-9-15/h7,11,13,16-18,21H,6,8-10,12,14H2,1-5H3/b13-11+,15-7+/t16-,17+,18+,20-/m0/s1. The lowest BCUT2D eigenvalue weighted by atomic mass is 9.70. The minimum absolute atomic E-state index is 0.267. The van der Waals surface area contributed by atoms with Crippen molar-refractivity contribution < 1.29 is 5.11 Å². The van der Waals surface area contributed by atoms with Crippen molar-refractivity contribution in [2.45, 2.75) is 78.7 Å². The van der Waals surface area contributed by atoms with Crippen molar-refractivity contribution in [1.29, 1.82) is 0 Å². The normalized spacial score (nSPS) is 42.6. The average molecular weight is 290 g/mol. The summed E-state index contributed by atoms with van der Waals surface area (Å²) in [5.41, 5.74) is 1.25. The molecule has 0 aromatic heterocycles. The lowest BCUT2D eigenvalue weighted by molar-refractivity contribution is -0.0114. The van der Waals surface area contributed by atoms with Crippen molar-refractivity contribution in [2.75, 3.05) is 0 Å². The highest BCUT2D eigenvalue weighted by Gasteiger charge is 2.48. The Hall–Kier alpha value is -0.560. The lowest BCUT2D eigenvalue weighted by Gasteiger charge is -2.37. The van der Waals surface area contributed by atoms with E-state index in [0.717, 1.165) is 6.42 Å². The summed E-state index contributed by atoms with van der Waals surface area (Å²) in [7, 11) is 0. The molecule has 1 nitrogen and oxygen atoms in total. The van der Waals surface area contributed by atoms with Crippen molar-refractivity contribution in [1.82, 2.24) is 0 Å². The van der Waals surface area contributed by atoms with Crippen LogP contribution in [-0.4, -0.2) is 10.7 Å². The Labute approximate surface area is 131 Å². The highest BCUT2D eigenvalue weighted by Crippen LogP contribution is 2.53. The minimum Gasteiger partial charge on any atom is -0.390 e.